The first-order valence-electron chi connectivity index (χ1n) is 4.50. The molecule has 0 bridgehead atoms. The number of benzene rings is 1. The van der Waals surface area contributed by atoms with Gasteiger partial charge in [-0.25, -0.2) is 4.98 Å². The first-order valence-corrected chi connectivity index (χ1v) is 5.38. The van der Waals surface area contributed by atoms with Gasteiger partial charge in [0.1, 0.15) is 0 Å². The van der Waals surface area contributed by atoms with Gasteiger partial charge in [0.05, 0.1) is 11.2 Å². The predicted molar refractivity (Wildman–Crippen MR) is 58.3 cm³/mol. The van der Waals surface area contributed by atoms with Crippen molar-refractivity contribution in [1.82, 2.24) is 4.98 Å². The van der Waals surface area contributed by atoms with Crippen molar-refractivity contribution in [2.24, 2.45) is 0 Å². The van der Waals surface area contributed by atoms with Crippen LogP contribution in [-0.4, -0.2) is 16.7 Å². The number of aliphatic hydroxyl groups is 1. The van der Waals surface area contributed by atoms with Crippen molar-refractivity contribution in [3.05, 3.63) is 40.7 Å². The van der Waals surface area contributed by atoms with Crippen LogP contribution in [-0.2, 0) is 6.42 Å². The molecule has 0 unspecified atom stereocenters. The van der Waals surface area contributed by atoms with Crippen molar-refractivity contribution in [1.29, 1.82) is 0 Å². The van der Waals surface area contributed by atoms with Gasteiger partial charge in [0.2, 0.25) is 0 Å². The standard InChI is InChI=1S/C11H11NOS/c13-7-6-10-11(12-8-14-10)9-4-2-1-3-5-9/h1-5,8,13H,6-7H2. The Kier molecular flexibility index (Phi) is 2.91. The molecule has 1 heterocycles. The van der Waals surface area contributed by atoms with Crippen molar-refractivity contribution < 1.29 is 5.11 Å². The van der Waals surface area contributed by atoms with Crippen molar-refractivity contribution >= 4 is 11.3 Å². The first-order chi connectivity index (χ1) is 6.92. The zero-order chi connectivity index (χ0) is 9.80. The highest BCUT2D eigenvalue weighted by Gasteiger charge is 2.06. The fraction of sp³-hybridized carbons (Fsp3) is 0.182. The average molecular weight is 205 g/mol. The lowest BCUT2D eigenvalue weighted by molar-refractivity contribution is 0.300. The lowest BCUT2D eigenvalue weighted by Crippen LogP contribution is -1.90. The van der Waals surface area contributed by atoms with Crippen molar-refractivity contribution in [3.8, 4) is 11.3 Å². The normalized spacial score (nSPS) is 10.4. The van der Waals surface area contributed by atoms with Crippen LogP contribution in [0, 0.1) is 0 Å². The Bertz CT molecular complexity index is 397. The van der Waals surface area contributed by atoms with Gasteiger partial charge < -0.3 is 5.11 Å². The summed E-state index contributed by atoms with van der Waals surface area (Å²) >= 11 is 1.60. The van der Waals surface area contributed by atoms with Gasteiger partial charge in [0.15, 0.2) is 0 Å². The molecule has 2 aromatic rings. The minimum absolute atomic E-state index is 0.183. The monoisotopic (exact) mass is 205 g/mol. The van der Waals surface area contributed by atoms with Crippen LogP contribution in [0.3, 0.4) is 0 Å². The Hall–Kier alpha value is -1.19. The SMILES string of the molecule is OCCc1scnc1-c1ccccc1. The molecule has 2 rings (SSSR count). The van der Waals surface area contributed by atoms with Gasteiger partial charge in [-0.15, -0.1) is 11.3 Å². The molecule has 0 aliphatic rings. The summed E-state index contributed by atoms with van der Waals surface area (Å²) in [7, 11) is 0. The second-order valence-electron chi connectivity index (χ2n) is 2.96. The Balaban J connectivity index is 2.37. The number of hydrogen-bond acceptors (Lipinski definition) is 3. The number of hydrogen-bond donors (Lipinski definition) is 1. The molecule has 1 aromatic heterocycles. The molecule has 0 saturated carbocycles. The summed E-state index contributed by atoms with van der Waals surface area (Å²) < 4.78 is 0. The number of rotatable bonds is 3. The van der Waals surface area contributed by atoms with Crippen molar-refractivity contribution in [3.63, 3.8) is 0 Å². The Morgan fingerprint density at radius 3 is 2.71 bits per heavy atom. The highest BCUT2D eigenvalue weighted by molar-refractivity contribution is 7.10. The third kappa shape index (κ3) is 1.84. The summed E-state index contributed by atoms with van der Waals surface area (Å²) in [4.78, 5) is 5.46. The van der Waals surface area contributed by atoms with E-state index in [4.69, 9.17) is 5.11 Å². The van der Waals surface area contributed by atoms with E-state index in [1.54, 1.807) is 11.3 Å². The van der Waals surface area contributed by atoms with Crippen LogP contribution < -0.4 is 0 Å². The Morgan fingerprint density at radius 2 is 2.00 bits per heavy atom. The lowest BCUT2D eigenvalue weighted by Gasteiger charge is -1.99. The fourth-order valence-corrected chi connectivity index (χ4v) is 2.16. The molecule has 0 atom stereocenters. The van der Waals surface area contributed by atoms with Gasteiger partial charge in [-0.2, -0.15) is 0 Å². The molecular weight excluding hydrogens is 194 g/mol. The Morgan fingerprint density at radius 1 is 1.21 bits per heavy atom. The molecule has 0 saturated heterocycles. The van der Waals surface area contributed by atoms with Gasteiger partial charge in [0.25, 0.3) is 0 Å². The van der Waals surface area contributed by atoms with Gasteiger partial charge in [0, 0.05) is 23.5 Å². The minimum Gasteiger partial charge on any atom is -0.396 e. The third-order valence-electron chi connectivity index (χ3n) is 2.03. The largest absolute Gasteiger partial charge is 0.396 e. The summed E-state index contributed by atoms with van der Waals surface area (Å²) in [5.74, 6) is 0. The first kappa shape index (κ1) is 9.37. The van der Waals surface area contributed by atoms with Gasteiger partial charge in [-0.3, -0.25) is 0 Å². The second-order valence-corrected chi connectivity index (χ2v) is 3.90. The number of nitrogens with zero attached hydrogens (tertiary/aromatic N) is 1. The van der Waals surface area contributed by atoms with E-state index in [0.29, 0.717) is 6.42 Å². The van der Waals surface area contributed by atoms with Crippen LogP contribution in [0.5, 0.6) is 0 Å². The third-order valence-corrected chi connectivity index (χ3v) is 2.92. The van der Waals surface area contributed by atoms with Gasteiger partial charge in [-0.05, 0) is 0 Å². The fourth-order valence-electron chi connectivity index (χ4n) is 1.38. The van der Waals surface area contributed by atoms with E-state index in [1.165, 1.54) is 0 Å². The molecule has 1 N–H and O–H groups in total. The summed E-state index contributed by atoms with van der Waals surface area (Å²) in [5.41, 5.74) is 3.95. The summed E-state index contributed by atoms with van der Waals surface area (Å²) in [6.45, 7) is 0.183. The predicted octanol–water partition coefficient (Wildman–Crippen LogP) is 2.34. The molecule has 2 nitrogen and oxygen atoms in total. The topological polar surface area (TPSA) is 33.1 Å². The summed E-state index contributed by atoms with van der Waals surface area (Å²) in [6.07, 6.45) is 0.689. The molecule has 3 heteroatoms. The molecular formula is C11H11NOS. The molecule has 1 aromatic carbocycles. The maximum absolute atomic E-state index is 8.89. The van der Waals surface area contributed by atoms with E-state index < -0.39 is 0 Å². The Labute approximate surface area is 86.9 Å². The van der Waals surface area contributed by atoms with Crippen LogP contribution in [0.4, 0.5) is 0 Å². The molecule has 0 aliphatic heterocycles. The molecule has 0 radical (unpaired) electrons. The van der Waals surface area contributed by atoms with Crippen LogP contribution in [0.25, 0.3) is 11.3 Å². The molecule has 0 amide bonds. The molecule has 72 valence electrons. The second kappa shape index (κ2) is 4.35. The van der Waals surface area contributed by atoms with E-state index in [2.05, 4.69) is 4.98 Å². The summed E-state index contributed by atoms with van der Waals surface area (Å²) in [6, 6.07) is 10.1. The molecule has 14 heavy (non-hydrogen) atoms. The highest BCUT2D eigenvalue weighted by atomic mass is 32.1. The van der Waals surface area contributed by atoms with E-state index in [9.17, 15) is 0 Å². The number of thiazole rings is 1. The van der Waals surface area contributed by atoms with Crippen LogP contribution in [0.2, 0.25) is 0 Å². The van der Waals surface area contributed by atoms with E-state index >= 15 is 0 Å². The maximum atomic E-state index is 8.89. The van der Waals surface area contributed by atoms with E-state index in [0.717, 1.165) is 16.1 Å². The quantitative estimate of drug-likeness (QED) is 0.834. The van der Waals surface area contributed by atoms with Crippen LogP contribution in [0.1, 0.15) is 4.88 Å². The van der Waals surface area contributed by atoms with Crippen LogP contribution >= 0.6 is 11.3 Å². The number of aliphatic hydroxyl groups excluding tert-OH is 1. The maximum Gasteiger partial charge on any atom is 0.0844 e. The minimum atomic E-state index is 0.183. The summed E-state index contributed by atoms with van der Waals surface area (Å²) in [5, 5.41) is 8.89. The van der Waals surface area contributed by atoms with E-state index in [-0.39, 0.29) is 6.61 Å². The highest BCUT2D eigenvalue weighted by Crippen LogP contribution is 2.25. The van der Waals surface area contributed by atoms with Crippen molar-refractivity contribution in [2.75, 3.05) is 6.61 Å². The zero-order valence-electron chi connectivity index (χ0n) is 7.68. The lowest BCUT2D eigenvalue weighted by atomic mass is 10.1. The molecule has 0 spiro atoms. The zero-order valence-corrected chi connectivity index (χ0v) is 8.50. The molecule has 0 aliphatic carbocycles. The van der Waals surface area contributed by atoms with Gasteiger partial charge >= 0.3 is 0 Å². The smallest absolute Gasteiger partial charge is 0.0844 e. The number of aromatic nitrogens is 1. The van der Waals surface area contributed by atoms with Crippen LogP contribution in [0.15, 0.2) is 35.8 Å². The average Bonchev–Trinajstić information content (AvgIpc) is 2.68. The van der Waals surface area contributed by atoms with Crippen molar-refractivity contribution in [2.45, 2.75) is 6.42 Å². The van der Waals surface area contributed by atoms with Gasteiger partial charge in [-0.1, -0.05) is 30.3 Å². The van der Waals surface area contributed by atoms with E-state index in [1.807, 2.05) is 35.8 Å². The molecule has 0 fully saturated rings.